The van der Waals surface area contributed by atoms with Gasteiger partial charge in [-0.25, -0.2) is 9.97 Å². The maximum absolute atomic E-state index is 12.4. The fourth-order valence-corrected chi connectivity index (χ4v) is 3.62. The van der Waals surface area contributed by atoms with Crippen LogP contribution in [0.3, 0.4) is 0 Å². The Morgan fingerprint density at radius 2 is 2.29 bits per heavy atom. The highest BCUT2D eigenvalue weighted by Crippen LogP contribution is 2.28. The predicted molar refractivity (Wildman–Crippen MR) is 82.4 cm³/mol. The average molecular weight is 298 g/mol. The van der Waals surface area contributed by atoms with Crippen molar-refractivity contribution in [3.8, 4) is 0 Å². The van der Waals surface area contributed by atoms with E-state index in [4.69, 9.17) is 0 Å². The van der Waals surface area contributed by atoms with Gasteiger partial charge < -0.3 is 10.3 Å². The number of imidazole rings is 1. The summed E-state index contributed by atoms with van der Waals surface area (Å²) in [4.78, 5) is 24.3. The summed E-state index contributed by atoms with van der Waals surface area (Å²) in [7, 11) is 0. The van der Waals surface area contributed by atoms with Crippen molar-refractivity contribution in [2.45, 2.75) is 19.3 Å². The highest BCUT2D eigenvalue weighted by molar-refractivity contribution is 7.22. The van der Waals surface area contributed by atoms with Crippen molar-refractivity contribution in [2.24, 2.45) is 5.92 Å². The van der Waals surface area contributed by atoms with Gasteiger partial charge in [-0.15, -0.1) is 0 Å². The molecule has 0 saturated carbocycles. The van der Waals surface area contributed by atoms with Crippen molar-refractivity contribution in [1.82, 2.24) is 15.0 Å². The molecule has 1 unspecified atom stereocenters. The molecule has 0 spiro atoms. The molecule has 5 nitrogen and oxygen atoms in total. The van der Waals surface area contributed by atoms with Gasteiger partial charge in [0.05, 0.1) is 22.2 Å². The third-order valence-corrected chi connectivity index (χ3v) is 4.84. The van der Waals surface area contributed by atoms with E-state index in [1.807, 2.05) is 24.3 Å². The predicted octanol–water partition coefficient (Wildman–Crippen LogP) is 2.76. The fourth-order valence-electron chi connectivity index (χ4n) is 2.75. The SMILES string of the molecule is O=C(Nc1nc2ccccc2s1)C1CCc2[nH]cnc2C1. The second-order valence-corrected chi connectivity index (χ2v) is 6.27. The summed E-state index contributed by atoms with van der Waals surface area (Å²) in [6, 6.07) is 7.90. The van der Waals surface area contributed by atoms with Gasteiger partial charge in [0.15, 0.2) is 5.13 Å². The molecule has 1 amide bonds. The molecule has 4 rings (SSSR count). The summed E-state index contributed by atoms with van der Waals surface area (Å²) in [5.74, 6) is 0.0236. The van der Waals surface area contributed by atoms with Gasteiger partial charge in [0.1, 0.15) is 0 Å². The Balaban J connectivity index is 1.51. The molecule has 0 fully saturated rings. The van der Waals surface area contributed by atoms with E-state index in [0.717, 1.165) is 28.8 Å². The lowest BCUT2D eigenvalue weighted by Crippen LogP contribution is -2.28. The van der Waals surface area contributed by atoms with Crippen molar-refractivity contribution in [2.75, 3.05) is 5.32 Å². The second-order valence-electron chi connectivity index (χ2n) is 5.24. The van der Waals surface area contributed by atoms with Crippen molar-refractivity contribution in [3.05, 3.63) is 42.0 Å². The number of rotatable bonds is 2. The number of hydrogen-bond acceptors (Lipinski definition) is 4. The molecule has 1 atom stereocenters. The Hall–Kier alpha value is -2.21. The molecule has 0 radical (unpaired) electrons. The van der Waals surface area contributed by atoms with Crippen LogP contribution in [-0.2, 0) is 17.6 Å². The first-order valence-corrected chi connectivity index (χ1v) is 7.79. The van der Waals surface area contributed by atoms with Crippen LogP contribution in [0.1, 0.15) is 17.8 Å². The van der Waals surface area contributed by atoms with E-state index in [-0.39, 0.29) is 11.8 Å². The summed E-state index contributed by atoms with van der Waals surface area (Å²) in [6.07, 6.45) is 4.15. The largest absolute Gasteiger partial charge is 0.348 e. The molecule has 6 heteroatoms. The molecule has 3 aromatic rings. The molecule has 1 aliphatic carbocycles. The number of anilines is 1. The lowest BCUT2D eigenvalue weighted by atomic mass is 9.89. The van der Waals surface area contributed by atoms with Crippen LogP contribution in [0.4, 0.5) is 5.13 Å². The van der Waals surface area contributed by atoms with Gasteiger partial charge in [-0.2, -0.15) is 0 Å². The van der Waals surface area contributed by atoms with Crippen molar-refractivity contribution < 1.29 is 4.79 Å². The molecule has 106 valence electrons. The van der Waals surface area contributed by atoms with Crippen molar-refractivity contribution >= 4 is 32.6 Å². The number of aryl methyl sites for hydroxylation is 1. The van der Waals surface area contributed by atoms with E-state index in [1.165, 1.54) is 17.0 Å². The number of aromatic amines is 1. The Kier molecular flexibility index (Phi) is 2.96. The molecule has 1 aliphatic rings. The lowest BCUT2D eigenvalue weighted by molar-refractivity contribution is -0.120. The fraction of sp³-hybridized carbons (Fsp3) is 0.267. The molecule has 0 bridgehead atoms. The van der Waals surface area contributed by atoms with Gasteiger partial charge in [0.2, 0.25) is 5.91 Å². The Bertz CT molecular complexity index is 774. The third kappa shape index (κ3) is 2.31. The van der Waals surface area contributed by atoms with E-state index in [0.29, 0.717) is 11.6 Å². The zero-order chi connectivity index (χ0) is 14.2. The zero-order valence-electron chi connectivity index (χ0n) is 11.3. The number of nitrogens with zero attached hydrogens (tertiary/aromatic N) is 2. The van der Waals surface area contributed by atoms with Crippen LogP contribution in [0.25, 0.3) is 10.2 Å². The van der Waals surface area contributed by atoms with Crippen molar-refractivity contribution in [1.29, 1.82) is 0 Å². The first kappa shape index (κ1) is 12.5. The summed E-state index contributed by atoms with van der Waals surface area (Å²) in [5.41, 5.74) is 3.11. The monoisotopic (exact) mass is 298 g/mol. The Morgan fingerprint density at radius 3 is 3.19 bits per heavy atom. The standard InChI is InChI=1S/C15H14N4OS/c20-14(9-5-6-10-12(7-9)17-8-16-10)19-15-18-11-3-1-2-4-13(11)21-15/h1-4,8-9H,5-7H2,(H,16,17)(H,18,19,20). The quantitative estimate of drug-likeness (QED) is 0.764. The third-order valence-electron chi connectivity index (χ3n) is 3.88. The van der Waals surface area contributed by atoms with E-state index in [9.17, 15) is 4.79 Å². The van der Waals surface area contributed by atoms with E-state index < -0.39 is 0 Å². The zero-order valence-corrected chi connectivity index (χ0v) is 12.1. The molecular formula is C15H14N4OS. The number of carbonyl (C=O) groups is 1. The first-order valence-electron chi connectivity index (χ1n) is 6.97. The molecule has 2 aromatic heterocycles. The minimum Gasteiger partial charge on any atom is -0.348 e. The normalized spacial score (nSPS) is 17.6. The van der Waals surface area contributed by atoms with Crippen LogP contribution >= 0.6 is 11.3 Å². The van der Waals surface area contributed by atoms with Crippen LogP contribution < -0.4 is 5.32 Å². The number of nitrogens with one attached hydrogen (secondary N) is 2. The topological polar surface area (TPSA) is 70.7 Å². The van der Waals surface area contributed by atoms with Gasteiger partial charge in [-0.3, -0.25) is 4.79 Å². The van der Waals surface area contributed by atoms with Gasteiger partial charge in [-0.05, 0) is 25.0 Å². The van der Waals surface area contributed by atoms with Crippen LogP contribution in [-0.4, -0.2) is 20.9 Å². The molecule has 21 heavy (non-hydrogen) atoms. The van der Waals surface area contributed by atoms with E-state index in [1.54, 1.807) is 6.33 Å². The number of amides is 1. The number of hydrogen-bond donors (Lipinski definition) is 2. The number of carbonyl (C=O) groups excluding carboxylic acids is 1. The molecular weight excluding hydrogens is 284 g/mol. The number of benzene rings is 1. The van der Waals surface area contributed by atoms with Gasteiger partial charge in [-0.1, -0.05) is 23.5 Å². The summed E-state index contributed by atoms with van der Waals surface area (Å²) < 4.78 is 1.09. The van der Waals surface area contributed by atoms with Crippen molar-refractivity contribution in [3.63, 3.8) is 0 Å². The Labute approximate surface area is 125 Å². The average Bonchev–Trinajstić information content (AvgIpc) is 3.11. The Morgan fingerprint density at radius 1 is 1.38 bits per heavy atom. The number of aromatic nitrogens is 3. The van der Waals surface area contributed by atoms with Crippen LogP contribution in [0, 0.1) is 5.92 Å². The number of H-pyrrole nitrogens is 1. The maximum atomic E-state index is 12.4. The lowest BCUT2D eigenvalue weighted by Gasteiger charge is -2.19. The summed E-state index contributed by atoms with van der Waals surface area (Å²) in [5, 5.41) is 3.63. The second kappa shape index (κ2) is 4.96. The number of thiazole rings is 1. The smallest absolute Gasteiger partial charge is 0.229 e. The molecule has 0 aliphatic heterocycles. The minimum atomic E-state index is -0.0205. The number of para-hydroxylation sites is 1. The number of fused-ring (bicyclic) bond motifs is 2. The van der Waals surface area contributed by atoms with Crippen LogP contribution in [0.2, 0.25) is 0 Å². The molecule has 2 heterocycles. The summed E-state index contributed by atoms with van der Waals surface area (Å²) >= 11 is 1.51. The van der Waals surface area contributed by atoms with E-state index in [2.05, 4.69) is 20.3 Å². The van der Waals surface area contributed by atoms with Crippen LogP contribution in [0.5, 0.6) is 0 Å². The first-order chi connectivity index (χ1) is 10.3. The van der Waals surface area contributed by atoms with E-state index >= 15 is 0 Å². The molecule has 2 N–H and O–H groups in total. The van der Waals surface area contributed by atoms with Gasteiger partial charge >= 0.3 is 0 Å². The minimum absolute atomic E-state index is 0.0205. The highest BCUT2D eigenvalue weighted by atomic mass is 32.1. The summed E-state index contributed by atoms with van der Waals surface area (Å²) in [6.45, 7) is 0. The highest BCUT2D eigenvalue weighted by Gasteiger charge is 2.26. The van der Waals surface area contributed by atoms with Crippen LogP contribution in [0.15, 0.2) is 30.6 Å². The molecule has 0 saturated heterocycles. The molecule has 1 aromatic carbocycles. The van der Waals surface area contributed by atoms with Gasteiger partial charge in [0, 0.05) is 18.0 Å². The maximum Gasteiger partial charge on any atom is 0.229 e. The van der Waals surface area contributed by atoms with Gasteiger partial charge in [0.25, 0.3) is 0 Å².